The topological polar surface area (TPSA) is 34.1 Å². The van der Waals surface area contributed by atoms with Crippen molar-refractivity contribution in [1.82, 2.24) is 0 Å². The number of rotatable bonds is 0. The van der Waals surface area contributed by atoms with Crippen molar-refractivity contribution in [3.8, 4) is 0 Å². The van der Waals surface area contributed by atoms with Crippen LogP contribution in [0.1, 0.15) is 41.5 Å². The van der Waals surface area contributed by atoms with E-state index in [9.17, 15) is 0 Å². The van der Waals surface area contributed by atoms with Crippen LogP contribution in [-0.2, 0) is 9.59 Å². The molecule has 0 bridgehead atoms. The normalized spacial score (nSPS) is 8.53. The van der Waals surface area contributed by atoms with Crippen molar-refractivity contribution in [2.45, 2.75) is 41.5 Å². The van der Waals surface area contributed by atoms with Gasteiger partial charge in [0.2, 0.25) is 0 Å². The van der Waals surface area contributed by atoms with Crippen molar-refractivity contribution in [2.24, 2.45) is 0 Å². The molecule has 2 heteroatoms. The predicted octanol–water partition coefficient (Wildman–Crippen LogP) is 9.30. The molecule has 2 nitrogen and oxygen atoms in total. The lowest BCUT2D eigenvalue weighted by molar-refractivity contribution is -0.106. The quantitative estimate of drug-likeness (QED) is 0.172. The third-order valence-corrected chi connectivity index (χ3v) is 4.31. The molecular weight excluding hydrogens is 416 g/mol. The first-order valence-corrected chi connectivity index (χ1v) is 11.8. The van der Waals surface area contributed by atoms with Gasteiger partial charge in [0.25, 0.3) is 0 Å². The Hall–Kier alpha value is -3.78. The molecular formula is C32H38O2. The highest BCUT2D eigenvalue weighted by atomic mass is 16.1. The number of carbonyl (C=O) groups is 2. The van der Waals surface area contributed by atoms with Crippen LogP contribution in [0.5, 0.6) is 0 Å². The van der Waals surface area contributed by atoms with E-state index in [-0.39, 0.29) is 0 Å². The Labute approximate surface area is 205 Å². The summed E-state index contributed by atoms with van der Waals surface area (Å²) in [5, 5.41) is 7.92. The zero-order valence-corrected chi connectivity index (χ0v) is 21.4. The Morgan fingerprint density at radius 1 is 0.382 bits per heavy atom. The largest absolute Gasteiger partial charge is 0.304 e. The molecule has 0 saturated carbocycles. The van der Waals surface area contributed by atoms with E-state index in [2.05, 4.69) is 109 Å². The monoisotopic (exact) mass is 454 g/mol. The van der Waals surface area contributed by atoms with Gasteiger partial charge in [-0.1, -0.05) is 137 Å². The molecule has 0 radical (unpaired) electrons. The molecule has 0 saturated heterocycles. The lowest BCUT2D eigenvalue weighted by Gasteiger charge is -2.02. The van der Waals surface area contributed by atoms with Gasteiger partial charge in [-0.15, -0.1) is 0 Å². The molecule has 0 atom stereocenters. The fourth-order valence-corrected chi connectivity index (χ4v) is 3.09. The summed E-state index contributed by atoms with van der Waals surface area (Å²) in [6.07, 6.45) is 1.50. The van der Waals surface area contributed by atoms with Crippen molar-refractivity contribution in [3.05, 3.63) is 109 Å². The number of hydrogen-bond acceptors (Lipinski definition) is 2. The minimum absolute atomic E-state index is 0.750. The van der Waals surface area contributed by atoms with Crippen LogP contribution in [0.25, 0.3) is 32.3 Å². The van der Waals surface area contributed by atoms with Crippen LogP contribution in [0, 0.1) is 0 Å². The minimum Gasteiger partial charge on any atom is -0.304 e. The molecule has 34 heavy (non-hydrogen) atoms. The Morgan fingerprint density at radius 2 is 0.588 bits per heavy atom. The van der Waals surface area contributed by atoms with Gasteiger partial charge in [-0.2, -0.15) is 0 Å². The van der Waals surface area contributed by atoms with Gasteiger partial charge in [0, 0.05) is 0 Å². The summed E-state index contributed by atoms with van der Waals surface area (Å²) in [6.45, 7) is 10.9. The van der Waals surface area contributed by atoms with E-state index in [1.165, 1.54) is 46.2 Å². The highest BCUT2D eigenvalue weighted by molar-refractivity contribution is 6.07. The van der Waals surface area contributed by atoms with E-state index in [0.29, 0.717) is 0 Å². The fraction of sp³-hybridized carbons (Fsp3) is 0.188. The third kappa shape index (κ3) is 10.2. The van der Waals surface area contributed by atoms with Gasteiger partial charge in [-0.05, 0) is 46.2 Å². The summed E-state index contributed by atoms with van der Waals surface area (Å²) in [7, 11) is 0. The highest BCUT2D eigenvalue weighted by Crippen LogP contribution is 2.24. The molecule has 0 N–H and O–H groups in total. The molecule has 178 valence electrons. The van der Waals surface area contributed by atoms with Crippen LogP contribution >= 0.6 is 0 Å². The molecule has 5 rings (SSSR count). The number of fused-ring (bicyclic) bond motifs is 4. The summed E-state index contributed by atoms with van der Waals surface area (Å²) in [4.78, 5) is 17.6. The lowest BCUT2D eigenvalue weighted by Crippen LogP contribution is -1.75. The van der Waals surface area contributed by atoms with E-state index in [4.69, 9.17) is 9.59 Å². The maximum absolute atomic E-state index is 8.81. The Bertz CT molecular complexity index is 1080. The minimum atomic E-state index is 0.750. The van der Waals surface area contributed by atoms with Crippen molar-refractivity contribution in [2.75, 3.05) is 0 Å². The summed E-state index contributed by atoms with van der Waals surface area (Å²) in [6, 6.07) is 38.1. The summed E-state index contributed by atoms with van der Waals surface area (Å²) < 4.78 is 0. The van der Waals surface area contributed by atoms with Crippen molar-refractivity contribution in [3.63, 3.8) is 0 Å². The van der Waals surface area contributed by atoms with Crippen LogP contribution in [0.4, 0.5) is 0 Å². The van der Waals surface area contributed by atoms with Gasteiger partial charge in [-0.3, -0.25) is 0 Å². The maximum atomic E-state index is 8.81. The summed E-state index contributed by atoms with van der Waals surface area (Å²) in [5.41, 5.74) is 0. The number of aldehydes is 2. The first-order valence-electron chi connectivity index (χ1n) is 11.8. The van der Waals surface area contributed by atoms with Crippen molar-refractivity contribution < 1.29 is 9.59 Å². The van der Waals surface area contributed by atoms with Gasteiger partial charge in [0.15, 0.2) is 0 Å². The van der Waals surface area contributed by atoms with E-state index < -0.39 is 0 Å². The molecule has 0 amide bonds. The zero-order chi connectivity index (χ0) is 25.6. The highest BCUT2D eigenvalue weighted by Gasteiger charge is 1.97. The van der Waals surface area contributed by atoms with Crippen molar-refractivity contribution in [1.29, 1.82) is 0 Å². The van der Waals surface area contributed by atoms with Gasteiger partial charge >= 0.3 is 0 Å². The number of benzene rings is 5. The van der Waals surface area contributed by atoms with Crippen LogP contribution < -0.4 is 0 Å². The zero-order valence-electron chi connectivity index (χ0n) is 21.4. The molecule has 0 heterocycles. The molecule has 0 aromatic heterocycles. The average molecular weight is 455 g/mol. The van der Waals surface area contributed by atoms with Crippen LogP contribution in [0.2, 0.25) is 0 Å². The molecule has 0 unspecified atom stereocenters. The Balaban J connectivity index is 0.000000478. The van der Waals surface area contributed by atoms with Crippen LogP contribution in [-0.4, -0.2) is 12.6 Å². The maximum Gasteiger partial charge on any atom is 0.116 e. The SMILES string of the molecule is CC.CC.CC=O.CC=O.c1ccc2c(c1)ccc1ccccc12.c1ccc2ccccc2c1. The first kappa shape index (κ1) is 30.2. The summed E-state index contributed by atoms with van der Waals surface area (Å²) in [5.74, 6) is 0. The van der Waals surface area contributed by atoms with E-state index in [1.54, 1.807) is 0 Å². The predicted molar refractivity (Wildman–Crippen MR) is 152 cm³/mol. The third-order valence-electron chi connectivity index (χ3n) is 4.31. The molecule has 0 fully saturated rings. The summed E-state index contributed by atoms with van der Waals surface area (Å²) >= 11 is 0. The van der Waals surface area contributed by atoms with Gasteiger partial charge in [-0.25, -0.2) is 0 Å². The molecule has 0 aliphatic heterocycles. The molecule has 0 aliphatic rings. The second-order valence-electron chi connectivity index (χ2n) is 6.33. The second kappa shape index (κ2) is 19.9. The first-order chi connectivity index (χ1) is 16.7. The van der Waals surface area contributed by atoms with E-state index in [0.717, 1.165) is 12.6 Å². The van der Waals surface area contributed by atoms with E-state index in [1.807, 2.05) is 27.7 Å². The Kier molecular flexibility index (Phi) is 17.7. The fourth-order valence-electron chi connectivity index (χ4n) is 3.09. The van der Waals surface area contributed by atoms with Gasteiger partial charge in [0.05, 0.1) is 0 Å². The van der Waals surface area contributed by atoms with Crippen LogP contribution in [0.15, 0.2) is 109 Å². The van der Waals surface area contributed by atoms with Gasteiger partial charge < -0.3 is 9.59 Å². The molecule has 0 aliphatic carbocycles. The number of carbonyl (C=O) groups excluding carboxylic acids is 2. The smallest absolute Gasteiger partial charge is 0.116 e. The second-order valence-corrected chi connectivity index (χ2v) is 6.33. The molecule has 0 spiro atoms. The molecule has 5 aromatic carbocycles. The van der Waals surface area contributed by atoms with Gasteiger partial charge in [0.1, 0.15) is 12.6 Å². The van der Waals surface area contributed by atoms with Crippen molar-refractivity contribution >= 4 is 44.9 Å². The molecule has 5 aromatic rings. The average Bonchev–Trinajstić information content (AvgIpc) is 2.92. The van der Waals surface area contributed by atoms with Crippen LogP contribution in [0.3, 0.4) is 0 Å². The number of hydrogen-bond donors (Lipinski definition) is 0. The Morgan fingerprint density at radius 3 is 0.853 bits per heavy atom. The lowest BCUT2D eigenvalue weighted by atomic mass is 10.0. The standard InChI is InChI=1S/C14H10.C10H8.2C2H4O.2C2H6/c1-3-7-13-11(5-1)9-10-12-6-2-4-8-14(12)13;1-2-6-10-8-4-3-7-9(10)5-1;2*1-2-3;2*1-2/h1-10H;1-8H;2*2H,1H3;2*1-2H3. The van der Waals surface area contributed by atoms with E-state index >= 15 is 0 Å².